The fraction of sp³-hybridized carbons (Fsp3) is 0.242. The number of carbonyl (C=O) groups excluding carboxylic acids is 1. The topological polar surface area (TPSA) is 84.7 Å². The molecule has 0 amide bonds. The summed E-state index contributed by atoms with van der Waals surface area (Å²) >= 11 is 3.42. The Morgan fingerprint density at radius 2 is 1.86 bits per heavy atom. The molecular weight excluding hydrogens is 636 g/mol. The number of halogens is 3. The van der Waals surface area contributed by atoms with Crippen LogP contribution in [0.25, 0.3) is 22.3 Å². The van der Waals surface area contributed by atoms with Crippen LogP contribution in [0.15, 0.2) is 71.2 Å². The van der Waals surface area contributed by atoms with E-state index in [9.17, 15) is 4.79 Å². The summed E-state index contributed by atoms with van der Waals surface area (Å²) in [5.41, 5.74) is 2.89. The van der Waals surface area contributed by atoms with Gasteiger partial charge in [-0.3, -0.25) is 0 Å². The van der Waals surface area contributed by atoms with Gasteiger partial charge in [0.15, 0.2) is 0 Å². The first kappa shape index (κ1) is 29.7. The number of ether oxygens (including phenoxy) is 4. The van der Waals surface area contributed by atoms with E-state index in [0.717, 1.165) is 22.5 Å². The molecule has 226 valence electrons. The Labute approximate surface area is 260 Å². The minimum atomic E-state index is -0.626. The fourth-order valence-corrected chi connectivity index (χ4v) is 5.45. The third kappa shape index (κ3) is 6.15. The van der Waals surface area contributed by atoms with Crippen molar-refractivity contribution in [1.82, 2.24) is 14.5 Å². The number of benzene rings is 3. The van der Waals surface area contributed by atoms with Crippen LogP contribution in [-0.4, -0.2) is 47.4 Å². The van der Waals surface area contributed by atoms with E-state index in [1.165, 1.54) is 13.2 Å². The maximum atomic E-state index is 15.6. The number of fused-ring (bicyclic) bond motifs is 1. The zero-order chi connectivity index (χ0) is 30.8. The van der Waals surface area contributed by atoms with Crippen molar-refractivity contribution in [1.29, 1.82) is 0 Å². The van der Waals surface area contributed by atoms with Crippen LogP contribution in [0.4, 0.5) is 8.78 Å². The highest BCUT2D eigenvalue weighted by Gasteiger charge is 2.24. The third-order valence-electron chi connectivity index (χ3n) is 7.54. The van der Waals surface area contributed by atoms with Gasteiger partial charge in [0.1, 0.15) is 29.8 Å². The SMILES string of the molecule is COC(=O)c1ccc2nc(Cc3cc(F)c(-c4cccc(OCc5ccc(Br)cc5OC)n4)cc3F)n(C[C@@H]3CCO3)c2c1. The Morgan fingerprint density at radius 1 is 1.02 bits per heavy atom. The summed E-state index contributed by atoms with van der Waals surface area (Å²) in [7, 11) is 2.89. The largest absolute Gasteiger partial charge is 0.496 e. The number of imidazole rings is 1. The van der Waals surface area contributed by atoms with E-state index in [-0.39, 0.29) is 41.8 Å². The van der Waals surface area contributed by atoms with Gasteiger partial charge in [-0.2, -0.15) is 0 Å². The zero-order valence-corrected chi connectivity index (χ0v) is 25.6. The molecule has 1 atom stereocenters. The van der Waals surface area contributed by atoms with Crippen LogP contribution in [0, 0.1) is 11.6 Å². The maximum Gasteiger partial charge on any atom is 0.337 e. The van der Waals surface area contributed by atoms with Crippen LogP contribution in [0.3, 0.4) is 0 Å². The van der Waals surface area contributed by atoms with Gasteiger partial charge in [0.05, 0.1) is 49.2 Å². The van der Waals surface area contributed by atoms with E-state index in [1.807, 2.05) is 22.8 Å². The van der Waals surface area contributed by atoms with Crippen molar-refractivity contribution in [3.8, 4) is 22.9 Å². The Bertz CT molecular complexity index is 1860. The number of esters is 1. The molecule has 0 spiro atoms. The van der Waals surface area contributed by atoms with Gasteiger partial charge in [0.2, 0.25) is 5.88 Å². The molecule has 3 heterocycles. The van der Waals surface area contributed by atoms with Crippen LogP contribution in [0.1, 0.15) is 33.7 Å². The maximum absolute atomic E-state index is 15.6. The molecule has 1 fully saturated rings. The number of carbonyl (C=O) groups is 1. The quantitative estimate of drug-likeness (QED) is 0.150. The Balaban J connectivity index is 1.26. The lowest BCUT2D eigenvalue weighted by Gasteiger charge is -2.27. The summed E-state index contributed by atoms with van der Waals surface area (Å²) in [6.07, 6.45) is 0.881. The number of hydrogen-bond donors (Lipinski definition) is 0. The van der Waals surface area contributed by atoms with Crippen LogP contribution in [0.2, 0.25) is 0 Å². The van der Waals surface area contributed by atoms with Crippen molar-refractivity contribution in [3.63, 3.8) is 0 Å². The average Bonchev–Trinajstić information content (AvgIpc) is 3.35. The van der Waals surface area contributed by atoms with E-state index < -0.39 is 17.6 Å². The first-order chi connectivity index (χ1) is 21.3. The second-order valence-corrected chi connectivity index (χ2v) is 11.2. The van der Waals surface area contributed by atoms with E-state index in [2.05, 4.69) is 20.9 Å². The molecule has 1 aliphatic rings. The van der Waals surface area contributed by atoms with Crippen molar-refractivity contribution in [2.24, 2.45) is 0 Å². The minimum Gasteiger partial charge on any atom is -0.496 e. The Hall–Kier alpha value is -4.35. The van der Waals surface area contributed by atoms with Gasteiger partial charge in [0.25, 0.3) is 0 Å². The standard InChI is InChI=1S/C33H28BrF2N3O5/c1-41-30-15-22(34)8-6-20(30)18-44-32-5-3-4-27(38-32)24-16-25(35)21(12-26(24)36)14-31-37-28-9-7-19(33(40)42-2)13-29(28)39(31)17-23-10-11-43-23/h3-9,12-13,15-16,23H,10-11,14,17-18H2,1-2H3/t23-/m0/s1. The van der Waals surface area contributed by atoms with Gasteiger partial charge >= 0.3 is 5.97 Å². The fourth-order valence-electron chi connectivity index (χ4n) is 5.11. The number of hydrogen-bond acceptors (Lipinski definition) is 7. The highest BCUT2D eigenvalue weighted by Crippen LogP contribution is 2.30. The lowest BCUT2D eigenvalue weighted by molar-refractivity contribution is -0.0589. The van der Waals surface area contributed by atoms with E-state index in [0.29, 0.717) is 41.3 Å². The molecule has 1 saturated heterocycles. The summed E-state index contributed by atoms with van der Waals surface area (Å²) in [6.45, 7) is 1.32. The Morgan fingerprint density at radius 3 is 2.61 bits per heavy atom. The summed E-state index contributed by atoms with van der Waals surface area (Å²) in [4.78, 5) is 21.3. The smallest absolute Gasteiger partial charge is 0.337 e. The van der Waals surface area contributed by atoms with Crippen molar-refractivity contribution in [2.45, 2.75) is 32.1 Å². The number of pyridine rings is 1. The minimum absolute atomic E-state index is 0.0111. The molecule has 0 saturated carbocycles. The second-order valence-electron chi connectivity index (χ2n) is 10.3. The summed E-state index contributed by atoms with van der Waals surface area (Å²) in [6, 6.07) is 17.9. The van der Waals surface area contributed by atoms with Gasteiger partial charge < -0.3 is 23.5 Å². The van der Waals surface area contributed by atoms with Crippen molar-refractivity contribution in [2.75, 3.05) is 20.8 Å². The highest BCUT2D eigenvalue weighted by atomic mass is 79.9. The zero-order valence-electron chi connectivity index (χ0n) is 24.0. The van der Waals surface area contributed by atoms with Gasteiger partial charge in [-0.15, -0.1) is 0 Å². The first-order valence-electron chi connectivity index (χ1n) is 13.9. The second kappa shape index (κ2) is 12.7. The number of rotatable bonds is 10. The van der Waals surface area contributed by atoms with Crippen LogP contribution >= 0.6 is 15.9 Å². The van der Waals surface area contributed by atoms with Crippen LogP contribution in [-0.2, 0) is 29.0 Å². The molecule has 1 aliphatic heterocycles. The molecule has 44 heavy (non-hydrogen) atoms. The molecule has 0 unspecified atom stereocenters. The van der Waals surface area contributed by atoms with Crippen molar-refractivity contribution in [3.05, 3.63) is 105 Å². The third-order valence-corrected chi connectivity index (χ3v) is 8.03. The Kier molecular flexibility index (Phi) is 8.58. The predicted molar refractivity (Wildman–Crippen MR) is 163 cm³/mol. The highest BCUT2D eigenvalue weighted by molar-refractivity contribution is 9.10. The van der Waals surface area contributed by atoms with Crippen LogP contribution < -0.4 is 9.47 Å². The monoisotopic (exact) mass is 663 g/mol. The van der Waals surface area contributed by atoms with E-state index in [1.54, 1.807) is 43.5 Å². The molecule has 5 aromatic rings. The molecule has 0 aliphatic carbocycles. The summed E-state index contributed by atoms with van der Waals surface area (Å²) in [5.74, 6) is -0.255. The average molecular weight is 665 g/mol. The molecule has 2 aromatic heterocycles. The van der Waals surface area contributed by atoms with Gasteiger partial charge in [-0.1, -0.05) is 28.1 Å². The summed E-state index contributed by atoms with van der Waals surface area (Å²) < 4.78 is 55.6. The molecule has 8 nitrogen and oxygen atoms in total. The predicted octanol–water partition coefficient (Wildman–Crippen LogP) is 6.89. The molecule has 0 bridgehead atoms. The lowest BCUT2D eigenvalue weighted by Crippen LogP contribution is -2.31. The molecular formula is C33H28BrF2N3O5. The molecule has 6 rings (SSSR count). The van der Waals surface area contributed by atoms with Gasteiger partial charge in [-0.25, -0.2) is 23.5 Å². The number of methoxy groups -OCH3 is 2. The van der Waals surface area contributed by atoms with Gasteiger partial charge in [-0.05, 0) is 60.5 Å². The molecule has 0 N–H and O–H groups in total. The normalized spacial score (nSPS) is 14.3. The van der Waals surface area contributed by atoms with E-state index in [4.69, 9.17) is 23.9 Å². The summed E-state index contributed by atoms with van der Waals surface area (Å²) in [5, 5.41) is 0. The van der Waals surface area contributed by atoms with Crippen molar-refractivity contribution < 1.29 is 32.5 Å². The molecule has 11 heteroatoms. The molecule has 3 aromatic carbocycles. The van der Waals surface area contributed by atoms with E-state index >= 15 is 8.78 Å². The lowest BCUT2D eigenvalue weighted by atomic mass is 10.0. The van der Waals surface area contributed by atoms with Crippen LogP contribution in [0.5, 0.6) is 11.6 Å². The van der Waals surface area contributed by atoms with Crippen molar-refractivity contribution >= 4 is 32.9 Å². The number of aromatic nitrogens is 3. The molecule has 0 radical (unpaired) electrons. The van der Waals surface area contributed by atoms with Gasteiger partial charge in [0, 0.05) is 34.7 Å². The first-order valence-corrected chi connectivity index (χ1v) is 14.7. The number of nitrogens with zero attached hydrogens (tertiary/aromatic N) is 3.